The molecular formula is C15H14N2O. The van der Waals surface area contributed by atoms with Crippen LogP contribution in [0.25, 0.3) is 11.1 Å². The second-order valence-corrected chi connectivity index (χ2v) is 4.26. The molecule has 0 aliphatic carbocycles. The maximum absolute atomic E-state index is 5.64. The van der Waals surface area contributed by atoms with E-state index in [-0.39, 0.29) is 6.04 Å². The van der Waals surface area contributed by atoms with Gasteiger partial charge in [-0.2, -0.15) is 4.98 Å². The number of para-hydroxylation sites is 2. The van der Waals surface area contributed by atoms with Crippen LogP contribution in [0.15, 0.2) is 59.0 Å². The van der Waals surface area contributed by atoms with Crippen molar-refractivity contribution in [3.63, 3.8) is 0 Å². The number of nitrogens with zero attached hydrogens (tertiary/aromatic N) is 1. The van der Waals surface area contributed by atoms with E-state index in [9.17, 15) is 0 Å². The topological polar surface area (TPSA) is 38.1 Å². The van der Waals surface area contributed by atoms with E-state index in [2.05, 4.69) is 29.4 Å². The lowest BCUT2D eigenvalue weighted by atomic mass is 10.1. The molecular weight excluding hydrogens is 224 g/mol. The van der Waals surface area contributed by atoms with Gasteiger partial charge in [0.05, 0.1) is 6.04 Å². The first-order valence-corrected chi connectivity index (χ1v) is 6.00. The summed E-state index contributed by atoms with van der Waals surface area (Å²) in [4.78, 5) is 4.40. The molecule has 1 N–H and O–H groups in total. The van der Waals surface area contributed by atoms with Crippen LogP contribution in [0.2, 0.25) is 0 Å². The van der Waals surface area contributed by atoms with Crippen LogP contribution in [0.4, 0.5) is 6.01 Å². The summed E-state index contributed by atoms with van der Waals surface area (Å²) in [6, 6.07) is 18.7. The Balaban J connectivity index is 1.84. The largest absolute Gasteiger partial charge is 0.424 e. The highest BCUT2D eigenvalue weighted by Crippen LogP contribution is 2.22. The molecule has 0 bridgehead atoms. The lowest BCUT2D eigenvalue weighted by Crippen LogP contribution is -2.06. The third kappa shape index (κ3) is 2.07. The summed E-state index contributed by atoms with van der Waals surface area (Å²) >= 11 is 0. The first-order valence-electron chi connectivity index (χ1n) is 6.00. The molecule has 0 radical (unpaired) electrons. The molecule has 0 saturated carbocycles. The van der Waals surface area contributed by atoms with E-state index >= 15 is 0 Å². The Morgan fingerprint density at radius 2 is 1.72 bits per heavy atom. The van der Waals surface area contributed by atoms with Gasteiger partial charge in [0.15, 0.2) is 5.58 Å². The monoisotopic (exact) mass is 238 g/mol. The summed E-state index contributed by atoms with van der Waals surface area (Å²) in [6.07, 6.45) is 0. The van der Waals surface area contributed by atoms with E-state index in [1.807, 2.05) is 42.5 Å². The molecule has 0 aliphatic heterocycles. The lowest BCUT2D eigenvalue weighted by molar-refractivity contribution is 0.604. The van der Waals surface area contributed by atoms with Gasteiger partial charge in [0.1, 0.15) is 5.52 Å². The highest BCUT2D eigenvalue weighted by Gasteiger charge is 2.09. The van der Waals surface area contributed by atoms with Gasteiger partial charge in [0.25, 0.3) is 6.01 Å². The number of oxazole rings is 1. The summed E-state index contributed by atoms with van der Waals surface area (Å²) in [5, 5.41) is 3.27. The predicted molar refractivity (Wildman–Crippen MR) is 72.5 cm³/mol. The lowest BCUT2D eigenvalue weighted by Gasteiger charge is -2.11. The van der Waals surface area contributed by atoms with Crippen LogP contribution >= 0.6 is 0 Å². The Morgan fingerprint density at radius 1 is 1.00 bits per heavy atom. The molecule has 3 nitrogen and oxygen atoms in total. The van der Waals surface area contributed by atoms with Crippen LogP contribution in [0.5, 0.6) is 0 Å². The van der Waals surface area contributed by atoms with E-state index in [0.29, 0.717) is 6.01 Å². The minimum atomic E-state index is 0.166. The molecule has 3 rings (SSSR count). The molecule has 0 fully saturated rings. The molecule has 90 valence electrons. The van der Waals surface area contributed by atoms with E-state index in [1.165, 1.54) is 5.56 Å². The normalized spacial score (nSPS) is 12.5. The average Bonchev–Trinajstić information content (AvgIpc) is 2.82. The van der Waals surface area contributed by atoms with E-state index in [4.69, 9.17) is 4.42 Å². The molecule has 0 saturated heterocycles. The van der Waals surface area contributed by atoms with Crippen molar-refractivity contribution in [3.05, 3.63) is 60.2 Å². The number of rotatable bonds is 3. The standard InChI is InChI=1S/C15H14N2O/c1-11(12-7-3-2-4-8-12)16-15-17-13-9-5-6-10-14(13)18-15/h2-11H,1H3,(H,16,17)/t11-/m0/s1. The first-order chi connectivity index (χ1) is 8.83. The Kier molecular flexibility index (Phi) is 2.73. The molecule has 3 aromatic rings. The van der Waals surface area contributed by atoms with Crippen LogP contribution in [0.3, 0.4) is 0 Å². The Labute approximate surface area is 105 Å². The smallest absolute Gasteiger partial charge is 0.296 e. The van der Waals surface area contributed by atoms with Crippen molar-refractivity contribution in [2.75, 3.05) is 5.32 Å². The number of aromatic nitrogens is 1. The molecule has 0 unspecified atom stereocenters. The van der Waals surface area contributed by atoms with Gasteiger partial charge in [-0.3, -0.25) is 0 Å². The molecule has 18 heavy (non-hydrogen) atoms. The van der Waals surface area contributed by atoms with Gasteiger partial charge in [0.2, 0.25) is 0 Å². The molecule has 1 atom stereocenters. The first kappa shape index (κ1) is 10.8. The van der Waals surface area contributed by atoms with Gasteiger partial charge in [-0.15, -0.1) is 0 Å². The number of hydrogen-bond acceptors (Lipinski definition) is 3. The summed E-state index contributed by atoms with van der Waals surface area (Å²) in [5.41, 5.74) is 2.89. The van der Waals surface area contributed by atoms with Crippen molar-refractivity contribution in [3.8, 4) is 0 Å². The molecule has 1 aromatic heterocycles. The minimum absolute atomic E-state index is 0.166. The van der Waals surface area contributed by atoms with Gasteiger partial charge in [-0.05, 0) is 24.6 Å². The average molecular weight is 238 g/mol. The third-order valence-electron chi connectivity index (χ3n) is 2.93. The number of nitrogens with one attached hydrogen (secondary N) is 1. The fourth-order valence-electron chi connectivity index (χ4n) is 1.94. The molecule has 1 heterocycles. The van der Waals surface area contributed by atoms with Crippen molar-refractivity contribution < 1.29 is 4.42 Å². The van der Waals surface area contributed by atoms with Gasteiger partial charge < -0.3 is 9.73 Å². The number of anilines is 1. The van der Waals surface area contributed by atoms with Crippen molar-refractivity contribution in [2.45, 2.75) is 13.0 Å². The second kappa shape index (κ2) is 4.53. The highest BCUT2D eigenvalue weighted by atomic mass is 16.4. The maximum Gasteiger partial charge on any atom is 0.296 e. The molecule has 2 aromatic carbocycles. The van der Waals surface area contributed by atoms with Gasteiger partial charge in [-0.1, -0.05) is 42.5 Å². The SMILES string of the molecule is C[C@H](Nc1nc2ccccc2o1)c1ccccc1. The van der Waals surface area contributed by atoms with Gasteiger partial charge >= 0.3 is 0 Å². The predicted octanol–water partition coefficient (Wildman–Crippen LogP) is 4.00. The van der Waals surface area contributed by atoms with E-state index in [1.54, 1.807) is 0 Å². The van der Waals surface area contributed by atoms with Crippen LogP contribution < -0.4 is 5.32 Å². The third-order valence-corrected chi connectivity index (χ3v) is 2.93. The summed E-state index contributed by atoms with van der Waals surface area (Å²) < 4.78 is 5.64. The summed E-state index contributed by atoms with van der Waals surface area (Å²) in [6.45, 7) is 2.09. The summed E-state index contributed by atoms with van der Waals surface area (Å²) in [7, 11) is 0. The van der Waals surface area contributed by atoms with Crippen LogP contribution in [0, 0.1) is 0 Å². The van der Waals surface area contributed by atoms with Crippen molar-refractivity contribution in [2.24, 2.45) is 0 Å². The second-order valence-electron chi connectivity index (χ2n) is 4.26. The maximum atomic E-state index is 5.64. The fourth-order valence-corrected chi connectivity index (χ4v) is 1.94. The van der Waals surface area contributed by atoms with Crippen molar-refractivity contribution in [1.82, 2.24) is 4.98 Å². The Morgan fingerprint density at radius 3 is 2.50 bits per heavy atom. The van der Waals surface area contributed by atoms with Crippen molar-refractivity contribution >= 4 is 17.1 Å². The minimum Gasteiger partial charge on any atom is -0.424 e. The quantitative estimate of drug-likeness (QED) is 0.749. The Hall–Kier alpha value is -2.29. The zero-order valence-electron chi connectivity index (χ0n) is 10.1. The van der Waals surface area contributed by atoms with E-state index in [0.717, 1.165) is 11.1 Å². The number of hydrogen-bond donors (Lipinski definition) is 1. The van der Waals surface area contributed by atoms with Gasteiger partial charge in [-0.25, -0.2) is 0 Å². The Bertz CT molecular complexity index is 613. The molecule has 0 aliphatic rings. The highest BCUT2D eigenvalue weighted by molar-refractivity contribution is 5.74. The van der Waals surface area contributed by atoms with Crippen LogP contribution in [0.1, 0.15) is 18.5 Å². The molecule has 0 amide bonds. The zero-order valence-corrected chi connectivity index (χ0v) is 10.1. The van der Waals surface area contributed by atoms with Crippen LogP contribution in [-0.2, 0) is 0 Å². The number of benzene rings is 2. The summed E-state index contributed by atoms with van der Waals surface area (Å²) in [5.74, 6) is 0. The van der Waals surface area contributed by atoms with Gasteiger partial charge in [0, 0.05) is 0 Å². The number of fused-ring (bicyclic) bond motifs is 1. The molecule has 0 spiro atoms. The van der Waals surface area contributed by atoms with Crippen molar-refractivity contribution in [1.29, 1.82) is 0 Å². The molecule has 3 heteroatoms. The van der Waals surface area contributed by atoms with E-state index < -0.39 is 0 Å². The zero-order chi connectivity index (χ0) is 12.4. The fraction of sp³-hybridized carbons (Fsp3) is 0.133. The van der Waals surface area contributed by atoms with Crippen LogP contribution in [-0.4, -0.2) is 4.98 Å².